The number of phenols is 3. The lowest BCUT2D eigenvalue weighted by atomic mass is 9.96. The van der Waals surface area contributed by atoms with Crippen molar-refractivity contribution in [3.63, 3.8) is 0 Å². The molecule has 5 N–H and O–H groups in total. The molecule has 10 atom stereocenters. The minimum Gasteiger partial charge on any atom is -0.504 e. The minimum atomic E-state index is -1.85. The second kappa shape index (κ2) is 23.0. The van der Waals surface area contributed by atoms with Crippen LogP contribution in [0.5, 0.6) is 34.5 Å². The van der Waals surface area contributed by atoms with E-state index in [4.69, 9.17) is 52.1 Å². The molecule has 0 aromatic heterocycles. The number of hydrogen-bond acceptors (Lipinski definition) is 20. The monoisotopic (exact) mass is 912 g/mol. The fourth-order valence-corrected chi connectivity index (χ4v) is 6.85. The van der Waals surface area contributed by atoms with Crippen LogP contribution in [0.25, 0.3) is 12.2 Å². The number of benzene rings is 3. The molecular weight excluding hydrogens is 860 g/mol. The summed E-state index contributed by atoms with van der Waals surface area (Å²) >= 11 is 0. The average Bonchev–Trinajstić information content (AvgIpc) is 3.27. The van der Waals surface area contributed by atoms with Crippen molar-refractivity contribution in [1.29, 1.82) is 0 Å². The predicted octanol–water partition coefficient (Wildman–Crippen LogP) is 2.71. The van der Waals surface area contributed by atoms with Crippen LogP contribution in [0.1, 0.15) is 37.5 Å². The molecule has 2 aliphatic heterocycles. The van der Waals surface area contributed by atoms with Crippen LogP contribution in [0.15, 0.2) is 66.7 Å². The van der Waals surface area contributed by atoms with Crippen LogP contribution in [0.4, 0.5) is 0 Å². The van der Waals surface area contributed by atoms with Crippen molar-refractivity contribution >= 4 is 36.0 Å². The highest BCUT2D eigenvalue weighted by molar-refractivity contribution is 5.88. The third-order valence-electron chi connectivity index (χ3n) is 10.1. The van der Waals surface area contributed by atoms with E-state index in [9.17, 15) is 44.7 Å². The van der Waals surface area contributed by atoms with E-state index < -0.39 is 91.9 Å². The number of aromatic hydroxyl groups is 3. The topological polar surface area (TPSA) is 271 Å². The van der Waals surface area contributed by atoms with Gasteiger partial charge in [-0.2, -0.15) is 0 Å². The molecule has 2 aliphatic rings. The Balaban J connectivity index is 1.50. The highest BCUT2D eigenvalue weighted by atomic mass is 16.8. The molecule has 0 radical (unpaired) electrons. The van der Waals surface area contributed by atoms with Gasteiger partial charge in [-0.25, -0.2) is 9.59 Å². The lowest BCUT2D eigenvalue weighted by molar-refractivity contribution is -0.358. The molecule has 3 aromatic rings. The van der Waals surface area contributed by atoms with Crippen LogP contribution in [-0.4, -0.2) is 145 Å². The summed E-state index contributed by atoms with van der Waals surface area (Å²) in [6, 6.07) is 13.3. The van der Waals surface area contributed by atoms with Crippen molar-refractivity contribution in [1.82, 2.24) is 0 Å². The van der Waals surface area contributed by atoms with Crippen molar-refractivity contribution in [2.24, 2.45) is 0 Å². The molecule has 0 amide bonds. The first-order valence-corrected chi connectivity index (χ1v) is 20.1. The molecule has 5 rings (SSSR count). The largest absolute Gasteiger partial charge is 0.504 e. The molecule has 2 fully saturated rings. The van der Waals surface area contributed by atoms with Gasteiger partial charge in [0.05, 0.1) is 34.0 Å². The number of esters is 4. The molecule has 20 nitrogen and oxygen atoms in total. The smallest absolute Gasteiger partial charge is 0.331 e. The first kappa shape index (κ1) is 49.6. The molecule has 3 aromatic carbocycles. The molecule has 2 saturated heterocycles. The van der Waals surface area contributed by atoms with Gasteiger partial charge in [0.1, 0.15) is 31.0 Å². The Morgan fingerprint density at radius 2 is 1.22 bits per heavy atom. The third kappa shape index (κ3) is 13.3. The van der Waals surface area contributed by atoms with E-state index in [1.54, 1.807) is 12.1 Å². The summed E-state index contributed by atoms with van der Waals surface area (Å²) in [6.07, 6.45) is -10.8. The van der Waals surface area contributed by atoms with E-state index >= 15 is 0 Å². The molecule has 0 saturated carbocycles. The number of carbonyl (C=O) groups is 4. The Hall–Kier alpha value is -6.42. The zero-order valence-electron chi connectivity index (χ0n) is 36.3. The Morgan fingerprint density at radius 1 is 0.631 bits per heavy atom. The van der Waals surface area contributed by atoms with Crippen LogP contribution < -0.4 is 14.2 Å². The maximum Gasteiger partial charge on any atom is 0.331 e. The Kier molecular flexibility index (Phi) is 17.5. The van der Waals surface area contributed by atoms with Crippen LogP contribution in [0, 0.1) is 0 Å². The van der Waals surface area contributed by atoms with E-state index in [1.165, 1.54) is 82.9 Å². The maximum atomic E-state index is 13.7. The van der Waals surface area contributed by atoms with Gasteiger partial charge < -0.3 is 77.6 Å². The lowest BCUT2D eigenvalue weighted by Crippen LogP contribution is -2.66. The number of hydrogen-bond donors (Lipinski definition) is 5. The number of rotatable bonds is 18. The number of phenolic OH excluding ortho intramolecular Hbond substituents is 3. The van der Waals surface area contributed by atoms with E-state index in [0.29, 0.717) is 16.7 Å². The zero-order chi connectivity index (χ0) is 47.4. The van der Waals surface area contributed by atoms with E-state index in [2.05, 4.69) is 0 Å². The summed E-state index contributed by atoms with van der Waals surface area (Å²) in [7, 11) is 4.10. The van der Waals surface area contributed by atoms with Crippen LogP contribution in [0.2, 0.25) is 0 Å². The SMILES string of the molecule is COc1ccc(CCOC2OC(COC(=O)C=Cc3ccc(O)c(OC)c3)C(OC(=O)C=Cc3ccc(O)c(OC)c3)C(OC3OC(C)C(O)C(OC(C)=O)C3OC(C)=O)C2O)cc1O. The fraction of sp³-hybridized carbons (Fsp3) is 0.422. The molecule has 20 heteroatoms. The molecule has 2 heterocycles. The average molecular weight is 913 g/mol. The number of aliphatic hydroxyl groups excluding tert-OH is 2. The van der Waals surface area contributed by atoms with Crippen LogP contribution in [0.3, 0.4) is 0 Å². The Labute approximate surface area is 373 Å². The molecular formula is C45H52O20. The van der Waals surface area contributed by atoms with Crippen molar-refractivity contribution in [2.45, 2.75) is 88.6 Å². The number of ether oxygens (including phenoxy) is 11. The van der Waals surface area contributed by atoms with Crippen molar-refractivity contribution in [2.75, 3.05) is 34.5 Å². The third-order valence-corrected chi connectivity index (χ3v) is 10.1. The van der Waals surface area contributed by atoms with Crippen molar-refractivity contribution in [3.8, 4) is 34.5 Å². The highest BCUT2D eigenvalue weighted by Gasteiger charge is 2.54. The van der Waals surface area contributed by atoms with Gasteiger partial charge in [0.2, 0.25) is 0 Å². The van der Waals surface area contributed by atoms with Gasteiger partial charge in [-0.3, -0.25) is 9.59 Å². The highest BCUT2D eigenvalue weighted by Crippen LogP contribution is 2.35. The summed E-state index contributed by atoms with van der Waals surface area (Å²) in [6.45, 7) is 2.77. The summed E-state index contributed by atoms with van der Waals surface area (Å²) in [5.41, 5.74) is 1.49. The van der Waals surface area contributed by atoms with Crippen LogP contribution >= 0.6 is 0 Å². The molecule has 0 spiro atoms. The van der Waals surface area contributed by atoms with Gasteiger partial charge in [0, 0.05) is 26.0 Å². The normalized spacial score (nSPS) is 25.4. The molecule has 10 unspecified atom stereocenters. The molecule has 0 aliphatic carbocycles. The summed E-state index contributed by atoms with van der Waals surface area (Å²) in [5.74, 6) is -3.53. The van der Waals surface area contributed by atoms with Gasteiger partial charge >= 0.3 is 23.9 Å². The van der Waals surface area contributed by atoms with Crippen molar-refractivity contribution < 1.29 is 96.8 Å². The zero-order valence-corrected chi connectivity index (χ0v) is 36.3. The predicted molar refractivity (Wildman–Crippen MR) is 224 cm³/mol. The van der Waals surface area contributed by atoms with E-state index in [-0.39, 0.29) is 47.5 Å². The van der Waals surface area contributed by atoms with Crippen LogP contribution in [-0.2, 0) is 63.5 Å². The second-order valence-electron chi connectivity index (χ2n) is 14.7. The van der Waals surface area contributed by atoms with E-state index in [1.807, 2.05) is 0 Å². The maximum absolute atomic E-state index is 13.7. The van der Waals surface area contributed by atoms with Gasteiger partial charge in [0.25, 0.3) is 0 Å². The standard InChI is InChI=1S/C45H52O20/c1-23-38(53)41(61-24(2)46)43(62-25(3)47)45(60-23)65-42-39(54)44(58-18-17-28-9-14-32(55-4)31(50)19-28)63-35(22-59-36(51)15-10-26-7-12-29(48)33(20-26)56-5)40(42)64-37(52)16-11-27-8-13-30(49)34(21-27)57-6/h7-16,19-21,23,35,38-45,48-50,53-54H,17-18,22H2,1-6H3. The van der Waals surface area contributed by atoms with Crippen molar-refractivity contribution in [3.05, 3.63) is 83.4 Å². The summed E-state index contributed by atoms with van der Waals surface area (Å²) < 4.78 is 62.0. The number of methoxy groups -OCH3 is 3. The van der Waals surface area contributed by atoms with E-state index in [0.717, 1.165) is 26.0 Å². The lowest BCUT2D eigenvalue weighted by Gasteiger charge is -2.47. The summed E-state index contributed by atoms with van der Waals surface area (Å²) in [5, 5.41) is 53.3. The number of aliphatic hydroxyl groups is 2. The summed E-state index contributed by atoms with van der Waals surface area (Å²) in [4.78, 5) is 51.4. The Morgan fingerprint density at radius 3 is 1.78 bits per heavy atom. The fourth-order valence-electron chi connectivity index (χ4n) is 6.85. The Bertz CT molecular complexity index is 2190. The van der Waals surface area contributed by atoms with Gasteiger partial charge in [-0.15, -0.1) is 0 Å². The molecule has 352 valence electrons. The molecule has 65 heavy (non-hydrogen) atoms. The quantitative estimate of drug-likeness (QED) is 0.0697. The first-order valence-electron chi connectivity index (χ1n) is 20.1. The number of carbonyl (C=O) groups excluding carboxylic acids is 4. The second-order valence-corrected chi connectivity index (χ2v) is 14.7. The van der Waals surface area contributed by atoms with Gasteiger partial charge in [0.15, 0.2) is 65.4 Å². The van der Waals surface area contributed by atoms with Gasteiger partial charge in [-0.1, -0.05) is 18.2 Å². The first-order chi connectivity index (χ1) is 31.0. The minimum absolute atomic E-state index is 0.120. The molecule has 0 bridgehead atoms. The van der Waals surface area contributed by atoms with Gasteiger partial charge in [-0.05, 0) is 78.6 Å².